The first kappa shape index (κ1) is 23.4. The molecule has 0 aliphatic carbocycles. The van der Waals surface area contributed by atoms with Crippen LogP contribution in [0.4, 0.5) is 5.82 Å². The Morgan fingerprint density at radius 1 is 1.20 bits per heavy atom. The summed E-state index contributed by atoms with van der Waals surface area (Å²) in [6, 6.07) is 7.03. The van der Waals surface area contributed by atoms with Gasteiger partial charge < -0.3 is 10.1 Å². The Morgan fingerprint density at radius 2 is 2.00 bits per heavy atom. The highest BCUT2D eigenvalue weighted by molar-refractivity contribution is 6.21. The van der Waals surface area contributed by atoms with E-state index in [1.165, 1.54) is 10.5 Å². The molecule has 9 nitrogen and oxygen atoms in total. The first-order valence-electron chi connectivity index (χ1n) is 12.5. The molecule has 1 N–H and O–H groups in total. The highest BCUT2D eigenvalue weighted by Gasteiger charge is 2.51. The number of aryl methyl sites for hydroxylation is 1. The van der Waals surface area contributed by atoms with Gasteiger partial charge in [-0.3, -0.25) is 29.2 Å². The van der Waals surface area contributed by atoms with Gasteiger partial charge >= 0.3 is 5.97 Å². The Bertz CT molecular complexity index is 1080. The largest absolute Gasteiger partial charge is 0.465 e. The first-order valence-corrected chi connectivity index (χ1v) is 12.5. The van der Waals surface area contributed by atoms with Crippen molar-refractivity contribution in [2.45, 2.75) is 50.5 Å². The minimum Gasteiger partial charge on any atom is -0.465 e. The summed E-state index contributed by atoms with van der Waals surface area (Å²) in [5, 5.41) is 3.39. The van der Waals surface area contributed by atoms with Crippen molar-refractivity contribution in [3.8, 4) is 0 Å². The lowest BCUT2D eigenvalue weighted by molar-refractivity contribution is -0.169. The number of esters is 1. The number of anilines is 1. The van der Waals surface area contributed by atoms with Crippen LogP contribution in [0.3, 0.4) is 0 Å². The number of β-lactam (4-membered cyclic amide) rings is 2. The predicted octanol–water partition coefficient (Wildman–Crippen LogP) is 2.10. The van der Waals surface area contributed by atoms with Crippen LogP contribution in [0.15, 0.2) is 36.7 Å². The van der Waals surface area contributed by atoms with Crippen molar-refractivity contribution in [2.75, 3.05) is 38.1 Å². The second-order valence-corrected chi connectivity index (χ2v) is 9.37. The number of fused-ring (bicyclic) bond motifs is 1. The van der Waals surface area contributed by atoms with Gasteiger partial charge in [-0.1, -0.05) is 12.1 Å². The van der Waals surface area contributed by atoms with E-state index >= 15 is 0 Å². The Hall–Kier alpha value is -3.33. The number of piperidine rings is 1. The van der Waals surface area contributed by atoms with Crippen molar-refractivity contribution in [1.82, 2.24) is 19.8 Å². The molecule has 2 fully saturated rings. The molecule has 2 amide bonds. The van der Waals surface area contributed by atoms with Crippen LogP contribution in [0.2, 0.25) is 0 Å². The molecule has 2 aromatic heterocycles. The number of pyridine rings is 2. The van der Waals surface area contributed by atoms with Gasteiger partial charge in [0.1, 0.15) is 11.7 Å². The topological polar surface area (TPSA) is 105 Å². The number of amides is 2. The smallest absolute Gasteiger partial charge is 0.315 e. The Balaban J connectivity index is 1.20. The number of hydrogen-bond acceptors (Lipinski definition) is 8. The number of imide groups is 1. The van der Waals surface area contributed by atoms with Gasteiger partial charge in [-0.05, 0) is 55.9 Å². The normalized spacial score (nSPS) is 20.1. The molecule has 1 atom stereocenters. The standard InChI is InChI=1S/C26H31N5O4/c1-2-35-26(34)20(19-6-3-11-27-15-19)16-31-24(32)22(25(31)33)30-13-9-17(10-14-30)21-8-7-18-5-4-12-28-23(18)29-21/h3,6-8,11,15,17,20,22H,2,4-5,9-10,12-14,16H2,1H3,(H,28,29)/t20-/m1/s1. The van der Waals surface area contributed by atoms with Crippen molar-refractivity contribution in [3.05, 3.63) is 53.5 Å². The quantitative estimate of drug-likeness (QED) is 0.367. The Kier molecular flexibility index (Phi) is 6.77. The van der Waals surface area contributed by atoms with Gasteiger partial charge in [0.2, 0.25) is 0 Å². The molecule has 184 valence electrons. The number of hydrogen-bond donors (Lipinski definition) is 1. The third kappa shape index (κ3) is 4.65. The fraction of sp³-hybridized carbons (Fsp3) is 0.500. The van der Waals surface area contributed by atoms with E-state index in [1.54, 1.807) is 31.5 Å². The number of ether oxygens (including phenoxy) is 1. The summed E-state index contributed by atoms with van der Waals surface area (Å²) >= 11 is 0. The molecule has 0 spiro atoms. The first-order chi connectivity index (χ1) is 17.1. The van der Waals surface area contributed by atoms with Crippen LogP contribution < -0.4 is 5.32 Å². The zero-order valence-electron chi connectivity index (χ0n) is 20.0. The molecular formula is C26H31N5O4. The number of aromatic nitrogens is 2. The summed E-state index contributed by atoms with van der Waals surface area (Å²) < 4.78 is 5.19. The van der Waals surface area contributed by atoms with Gasteiger partial charge in [-0.2, -0.15) is 0 Å². The molecule has 2 saturated heterocycles. The third-order valence-electron chi connectivity index (χ3n) is 7.25. The summed E-state index contributed by atoms with van der Waals surface area (Å²) in [5.74, 6) is -0.379. The summed E-state index contributed by atoms with van der Waals surface area (Å²) in [6.07, 6.45) is 7.09. The van der Waals surface area contributed by atoms with Crippen LogP contribution in [0.1, 0.15) is 54.8 Å². The van der Waals surface area contributed by atoms with E-state index in [1.807, 2.05) is 4.90 Å². The lowest BCUT2D eigenvalue weighted by Crippen LogP contribution is -2.69. The number of nitrogens with zero attached hydrogens (tertiary/aromatic N) is 4. The second kappa shape index (κ2) is 10.1. The molecule has 5 rings (SSSR count). The molecule has 0 radical (unpaired) electrons. The highest BCUT2D eigenvalue weighted by atomic mass is 16.5. The molecule has 9 heteroatoms. The van der Waals surface area contributed by atoms with E-state index < -0.39 is 17.9 Å². The lowest BCUT2D eigenvalue weighted by atomic mass is 9.89. The number of nitrogens with one attached hydrogen (secondary N) is 1. The highest BCUT2D eigenvalue weighted by Crippen LogP contribution is 2.33. The maximum Gasteiger partial charge on any atom is 0.315 e. The van der Waals surface area contributed by atoms with Crippen molar-refractivity contribution in [1.29, 1.82) is 0 Å². The van der Waals surface area contributed by atoms with Gasteiger partial charge in [0.25, 0.3) is 11.8 Å². The van der Waals surface area contributed by atoms with Crippen LogP contribution in [-0.2, 0) is 25.5 Å². The van der Waals surface area contributed by atoms with Crippen molar-refractivity contribution >= 4 is 23.6 Å². The average Bonchev–Trinajstić information content (AvgIpc) is 2.90. The molecule has 3 aliphatic heterocycles. The van der Waals surface area contributed by atoms with Crippen molar-refractivity contribution in [3.63, 3.8) is 0 Å². The van der Waals surface area contributed by atoms with E-state index in [0.29, 0.717) is 24.6 Å². The minimum atomic E-state index is -0.758. The molecule has 3 aliphatic rings. The van der Waals surface area contributed by atoms with Gasteiger partial charge in [0.05, 0.1) is 6.61 Å². The summed E-state index contributed by atoms with van der Waals surface area (Å²) in [7, 11) is 0. The van der Waals surface area contributed by atoms with Crippen molar-refractivity contribution < 1.29 is 19.1 Å². The van der Waals surface area contributed by atoms with Crippen LogP contribution in [0.25, 0.3) is 0 Å². The maximum atomic E-state index is 13.0. The summed E-state index contributed by atoms with van der Waals surface area (Å²) in [5.41, 5.74) is 2.98. The van der Waals surface area contributed by atoms with E-state index in [-0.39, 0.29) is 25.0 Å². The molecular weight excluding hydrogens is 446 g/mol. The molecule has 0 aromatic carbocycles. The average molecular weight is 478 g/mol. The molecule has 0 unspecified atom stereocenters. The number of likely N-dealkylation sites (tertiary alicyclic amines) is 2. The number of carbonyl (C=O) groups excluding carboxylic acids is 3. The van der Waals surface area contributed by atoms with Gasteiger partial charge in [-0.25, -0.2) is 4.98 Å². The fourth-order valence-corrected chi connectivity index (χ4v) is 5.28. The van der Waals surface area contributed by atoms with E-state index in [2.05, 4.69) is 22.4 Å². The molecule has 0 bridgehead atoms. The van der Waals surface area contributed by atoms with Crippen LogP contribution >= 0.6 is 0 Å². The zero-order chi connectivity index (χ0) is 24.4. The monoisotopic (exact) mass is 477 g/mol. The van der Waals surface area contributed by atoms with Crippen LogP contribution in [0.5, 0.6) is 0 Å². The predicted molar refractivity (Wildman–Crippen MR) is 129 cm³/mol. The van der Waals surface area contributed by atoms with Crippen molar-refractivity contribution in [2.24, 2.45) is 0 Å². The maximum absolute atomic E-state index is 13.0. The molecule has 35 heavy (non-hydrogen) atoms. The molecule has 5 heterocycles. The summed E-state index contributed by atoms with van der Waals surface area (Å²) in [6.45, 7) is 4.22. The van der Waals surface area contributed by atoms with Crippen LogP contribution in [-0.4, -0.2) is 76.4 Å². The minimum absolute atomic E-state index is 0.0266. The second-order valence-electron chi connectivity index (χ2n) is 9.37. The lowest BCUT2D eigenvalue weighted by Gasteiger charge is -2.45. The van der Waals surface area contributed by atoms with Gasteiger partial charge in [0.15, 0.2) is 6.04 Å². The van der Waals surface area contributed by atoms with E-state index in [9.17, 15) is 14.4 Å². The summed E-state index contributed by atoms with van der Waals surface area (Å²) in [4.78, 5) is 50.6. The Morgan fingerprint density at radius 3 is 2.71 bits per heavy atom. The fourth-order valence-electron chi connectivity index (χ4n) is 5.28. The molecule has 2 aromatic rings. The van der Waals surface area contributed by atoms with Gasteiger partial charge in [-0.15, -0.1) is 0 Å². The van der Waals surface area contributed by atoms with Crippen LogP contribution in [0, 0.1) is 0 Å². The number of rotatable bonds is 7. The third-order valence-corrected chi connectivity index (χ3v) is 7.25. The molecule has 0 saturated carbocycles. The number of carbonyl (C=O) groups is 3. The van der Waals surface area contributed by atoms with E-state index in [4.69, 9.17) is 9.72 Å². The van der Waals surface area contributed by atoms with E-state index in [0.717, 1.165) is 43.7 Å². The SMILES string of the molecule is CCOC(=O)[C@H](CN1C(=O)C(N2CCC(c3ccc4c(n3)NCCC4)CC2)C1=O)c1cccnc1. The van der Waals surface area contributed by atoms with Gasteiger partial charge in [0, 0.05) is 50.2 Å². The zero-order valence-corrected chi connectivity index (χ0v) is 20.0. The Labute approximate surface area is 204 Å².